The maximum absolute atomic E-state index is 11.2. The minimum absolute atomic E-state index is 0.299. The van der Waals surface area contributed by atoms with E-state index in [1.54, 1.807) is 13.8 Å². The number of ether oxygens (including phenoxy) is 2. The fraction of sp³-hybridized carbons (Fsp3) is 0.500. The third-order valence-corrected chi connectivity index (χ3v) is 1.75. The SMILES string of the molecule is CCOC(=O)C1=C[C@H](C(=O)OCC)N=C1. The van der Waals surface area contributed by atoms with Gasteiger partial charge in [-0.05, 0) is 19.9 Å². The number of hydrogen-bond acceptors (Lipinski definition) is 5. The molecule has 0 aromatic rings. The highest BCUT2D eigenvalue weighted by molar-refractivity contribution is 6.12. The Kier molecular flexibility index (Phi) is 4.03. The van der Waals surface area contributed by atoms with Gasteiger partial charge in [-0.25, -0.2) is 9.59 Å². The number of hydrogen-bond donors (Lipinski definition) is 0. The van der Waals surface area contributed by atoms with E-state index in [9.17, 15) is 9.59 Å². The van der Waals surface area contributed by atoms with Crippen molar-refractivity contribution in [3.63, 3.8) is 0 Å². The van der Waals surface area contributed by atoms with E-state index >= 15 is 0 Å². The van der Waals surface area contributed by atoms with Crippen molar-refractivity contribution in [2.24, 2.45) is 4.99 Å². The Bertz CT molecular complexity index is 319. The van der Waals surface area contributed by atoms with Gasteiger partial charge < -0.3 is 9.47 Å². The van der Waals surface area contributed by atoms with Crippen LogP contribution in [-0.2, 0) is 19.1 Å². The molecular weight excluding hydrogens is 198 g/mol. The first-order chi connectivity index (χ1) is 7.19. The van der Waals surface area contributed by atoms with E-state index in [0.717, 1.165) is 0 Å². The number of esters is 2. The number of rotatable bonds is 4. The monoisotopic (exact) mass is 211 g/mol. The fourth-order valence-electron chi connectivity index (χ4n) is 1.11. The molecule has 0 saturated carbocycles. The van der Waals surface area contributed by atoms with Crippen molar-refractivity contribution in [1.29, 1.82) is 0 Å². The lowest BCUT2D eigenvalue weighted by molar-refractivity contribution is -0.143. The predicted octanol–water partition coefficient (Wildman–Crippen LogP) is 0.492. The third-order valence-electron chi connectivity index (χ3n) is 1.75. The van der Waals surface area contributed by atoms with E-state index in [0.29, 0.717) is 18.8 Å². The largest absolute Gasteiger partial charge is 0.464 e. The molecule has 0 saturated heterocycles. The molecule has 0 spiro atoms. The minimum Gasteiger partial charge on any atom is -0.464 e. The Morgan fingerprint density at radius 1 is 1.33 bits per heavy atom. The lowest BCUT2D eigenvalue weighted by Crippen LogP contribution is -2.18. The number of aliphatic imine (C=N–C) groups is 1. The average molecular weight is 211 g/mol. The summed E-state index contributed by atoms with van der Waals surface area (Å²) >= 11 is 0. The van der Waals surface area contributed by atoms with Crippen LogP contribution in [0.15, 0.2) is 16.6 Å². The Labute approximate surface area is 87.8 Å². The van der Waals surface area contributed by atoms with Crippen molar-refractivity contribution >= 4 is 18.2 Å². The molecule has 0 fully saturated rings. The van der Waals surface area contributed by atoms with Gasteiger partial charge in [0.2, 0.25) is 0 Å². The Morgan fingerprint density at radius 2 is 2.00 bits per heavy atom. The van der Waals surface area contributed by atoms with Crippen molar-refractivity contribution in [2.45, 2.75) is 19.9 Å². The molecule has 0 N–H and O–H groups in total. The van der Waals surface area contributed by atoms with Crippen molar-refractivity contribution < 1.29 is 19.1 Å². The molecule has 0 unspecified atom stereocenters. The summed E-state index contributed by atoms with van der Waals surface area (Å²) < 4.78 is 9.53. The zero-order valence-electron chi connectivity index (χ0n) is 8.73. The fourth-order valence-corrected chi connectivity index (χ4v) is 1.11. The molecule has 0 aromatic carbocycles. The molecule has 1 rings (SSSR count). The molecule has 0 bridgehead atoms. The summed E-state index contributed by atoms with van der Waals surface area (Å²) in [6, 6.07) is -0.704. The summed E-state index contributed by atoms with van der Waals surface area (Å²) in [7, 11) is 0. The van der Waals surface area contributed by atoms with E-state index in [1.165, 1.54) is 12.3 Å². The second-order valence-electron chi connectivity index (χ2n) is 2.82. The van der Waals surface area contributed by atoms with Crippen LogP contribution in [0.1, 0.15) is 13.8 Å². The molecule has 5 nitrogen and oxygen atoms in total. The van der Waals surface area contributed by atoms with Crippen molar-refractivity contribution in [3.05, 3.63) is 11.6 Å². The summed E-state index contributed by atoms with van der Waals surface area (Å²) in [5.41, 5.74) is 0.301. The highest BCUT2D eigenvalue weighted by Gasteiger charge is 2.23. The van der Waals surface area contributed by atoms with Crippen LogP contribution in [-0.4, -0.2) is 37.4 Å². The van der Waals surface area contributed by atoms with Crippen LogP contribution in [0.2, 0.25) is 0 Å². The molecule has 0 aliphatic carbocycles. The molecule has 1 heterocycles. The molecule has 0 radical (unpaired) electrons. The molecule has 5 heteroatoms. The van der Waals surface area contributed by atoms with Crippen molar-refractivity contribution in [1.82, 2.24) is 0 Å². The Morgan fingerprint density at radius 3 is 2.60 bits per heavy atom. The maximum atomic E-state index is 11.2. The molecular formula is C10H13NO4. The van der Waals surface area contributed by atoms with Crippen LogP contribution in [0.25, 0.3) is 0 Å². The van der Waals surface area contributed by atoms with E-state index in [1.807, 2.05) is 0 Å². The summed E-state index contributed by atoms with van der Waals surface area (Å²) in [6.07, 6.45) is 2.77. The highest BCUT2D eigenvalue weighted by atomic mass is 16.5. The highest BCUT2D eigenvalue weighted by Crippen LogP contribution is 2.10. The van der Waals surface area contributed by atoms with E-state index < -0.39 is 18.0 Å². The van der Waals surface area contributed by atoms with Crippen LogP contribution in [0.4, 0.5) is 0 Å². The van der Waals surface area contributed by atoms with E-state index in [-0.39, 0.29) is 0 Å². The predicted molar refractivity (Wildman–Crippen MR) is 53.6 cm³/mol. The van der Waals surface area contributed by atoms with Gasteiger partial charge in [-0.15, -0.1) is 0 Å². The van der Waals surface area contributed by atoms with Crippen LogP contribution < -0.4 is 0 Å². The molecule has 1 aliphatic rings. The van der Waals surface area contributed by atoms with E-state index in [4.69, 9.17) is 9.47 Å². The molecule has 1 atom stereocenters. The van der Waals surface area contributed by atoms with Gasteiger partial charge in [0.1, 0.15) is 0 Å². The van der Waals surface area contributed by atoms with Crippen LogP contribution in [0.5, 0.6) is 0 Å². The zero-order chi connectivity index (χ0) is 11.3. The van der Waals surface area contributed by atoms with Crippen molar-refractivity contribution in [2.75, 3.05) is 13.2 Å². The van der Waals surface area contributed by atoms with Crippen LogP contribution in [0.3, 0.4) is 0 Å². The van der Waals surface area contributed by atoms with Gasteiger partial charge in [-0.2, -0.15) is 0 Å². The van der Waals surface area contributed by atoms with Gasteiger partial charge in [0, 0.05) is 6.21 Å². The lowest BCUT2D eigenvalue weighted by atomic mass is 10.2. The van der Waals surface area contributed by atoms with E-state index in [2.05, 4.69) is 4.99 Å². The van der Waals surface area contributed by atoms with Gasteiger partial charge in [0.25, 0.3) is 0 Å². The van der Waals surface area contributed by atoms with Crippen LogP contribution in [0, 0.1) is 0 Å². The van der Waals surface area contributed by atoms with Gasteiger partial charge in [0.05, 0.1) is 18.8 Å². The van der Waals surface area contributed by atoms with Crippen molar-refractivity contribution in [3.8, 4) is 0 Å². The number of nitrogens with zero attached hydrogens (tertiary/aromatic N) is 1. The lowest BCUT2D eigenvalue weighted by Gasteiger charge is -2.03. The average Bonchev–Trinajstić information content (AvgIpc) is 2.67. The first kappa shape index (κ1) is 11.4. The Hall–Kier alpha value is -1.65. The van der Waals surface area contributed by atoms with Gasteiger partial charge in [0.15, 0.2) is 6.04 Å². The number of carbonyl (C=O) groups excluding carboxylic acids is 2. The summed E-state index contributed by atoms with van der Waals surface area (Å²) in [4.78, 5) is 26.3. The summed E-state index contributed by atoms with van der Waals surface area (Å²) in [5.74, 6) is -0.916. The maximum Gasteiger partial charge on any atom is 0.339 e. The smallest absolute Gasteiger partial charge is 0.339 e. The Balaban J connectivity index is 2.59. The molecule has 0 amide bonds. The quantitative estimate of drug-likeness (QED) is 0.635. The molecule has 0 aromatic heterocycles. The van der Waals surface area contributed by atoms with Gasteiger partial charge in [-0.3, -0.25) is 4.99 Å². The standard InChI is InChI=1S/C10H13NO4/c1-3-14-9(12)7-5-8(11-6-7)10(13)15-4-2/h5-6,8H,3-4H2,1-2H3/t8-/m1/s1. The van der Waals surface area contributed by atoms with Crippen LogP contribution >= 0.6 is 0 Å². The molecule has 15 heavy (non-hydrogen) atoms. The summed E-state index contributed by atoms with van der Waals surface area (Å²) in [5, 5.41) is 0. The second-order valence-corrected chi connectivity index (χ2v) is 2.82. The number of carbonyl (C=O) groups is 2. The van der Waals surface area contributed by atoms with Gasteiger partial charge in [-0.1, -0.05) is 0 Å². The minimum atomic E-state index is -0.704. The third kappa shape index (κ3) is 2.90. The first-order valence-corrected chi connectivity index (χ1v) is 4.77. The zero-order valence-corrected chi connectivity index (χ0v) is 8.73. The molecule has 1 aliphatic heterocycles. The van der Waals surface area contributed by atoms with Gasteiger partial charge >= 0.3 is 11.9 Å². The summed E-state index contributed by atoms with van der Waals surface area (Å²) in [6.45, 7) is 4.03. The topological polar surface area (TPSA) is 65.0 Å². The first-order valence-electron chi connectivity index (χ1n) is 4.77. The normalized spacial score (nSPS) is 18.5. The second kappa shape index (κ2) is 5.29. The molecule has 82 valence electrons.